The summed E-state index contributed by atoms with van der Waals surface area (Å²) in [6.45, 7) is 1.51. The lowest BCUT2D eigenvalue weighted by Crippen LogP contribution is -2.25. The first-order chi connectivity index (χ1) is 11.3. The van der Waals surface area contributed by atoms with Gasteiger partial charge in [0, 0.05) is 0 Å². The average Bonchev–Trinajstić information content (AvgIpc) is 2.99. The Morgan fingerprint density at radius 3 is 2.79 bits per heavy atom. The van der Waals surface area contributed by atoms with Crippen molar-refractivity contribution in [1.29, 1.82) is 0 Å². The molecule has 0 unspecified atom stereocenters. The number of rotatable bonds is 4. The van der Waals surface area contributed by atoms with Crippen LogP contribution in [0, 0.1) is 6.92 Å². The number of methoxy groups -OCH3 is 1. The zero-order chi connectivity index (χ0) is 17.5. The second kappa shape index (κ2) is 5.80. The van der Waals surface area contributed by atoms with Crippen molar-refractivity contribution in [2.75, 3.05) is 11.8 Å². The van der Waals surface area contributed by atoms with Crippen LogP contribution in [0.4, 0.5) is 5.69 Å². The van der Waals surface area contributed by atoms with Gasteiger partial charge in [0.05, 0.1) is 22.7 Å². The fraction of sp³-hybridized carbons (Fsp3) is 0.154. The van der Waals surface area contributed by atoms with Crippen LogP contribution in [0.3, 0.4) is 0 Å². The molecule has 0 radical (unpaired) electrons. The van der Waals surface area contributed by atoms with Gasteiger partial charge in [-0.2, -0.15) is 4.52 Å². The van der Waals surface area contributed by atoms with Crippen molar-refractivity contribution in [2.24, 2.45) is 0 Å². The van der Waals surface area contributed by atoms with Crippen LogP contribution < -0.4 is 15.0 Å². The minimum Gasteiger partial charge on any atom is -0.495 e. The summed E-state index contributed by atoms with van der Waals surface area (Å²) in [4.78, 5) is 20.2. The number of fused-ring (bicyclic) bond motifs is 1. The van der Waals surface area contributed by atoms with Gasteiger partial charge in [-0.15, -0.1) is 0 Å². The van der Waals surface area contributed by atoms with E-state index in [4.69, 9.17) is 16.3 Å². The monoisotopic (exact) mass is 369 g/mol. The van der Waals surface area contributed by atoms with Gasteiger partial charge in [0.25, 0.3) is 21.4 Å². The summed E-state index contributed by atoms with van der Waals surface area (Å²) < 4.78 is 33.3. The van der Waals surface area contributed by atoms with Gasteiger partial charge >= 0.3 is 0 Å². The molecule has 3 aromatic rings. The zero-order valence-corrected chi connectivity index (χ0v) is 14.1. The number of benzene rings is 1. The van der Waals surface area contributed by atoms with E-state index >= 15 is 0 Å². The molecule has 0 amide bonds. The highest BCUT2D eigenvalue weighted by molar-refractivity contribution is 7.92. The summed E-state index contributed by atoms with van der Waals surface area (Å²) in [7, 11) is -2.62. The summed E-state index contributed by atoms with van der Waals surface area (Å²) in [6, 6.07) is 3.98. The second-order valence-electron chi connectivity index (χ2n) is 4.80. The van der Waals surface area contributed by atoms with Gasteiger partial charge in [-0.05, 0) is 25.1 Å². The number of aromatic amines is 1. The fourth-order valence-electron chi connectivity index (χ4n) is 2.09. The van der Waals surface area contributed by atoms with Gasteiger partial charge in [-0.1, -0.05) is 11.6 Å². The molecule has 0 aliphatic carbocycles. The van der Waals surface area contributed by atoms with E-state index in [0.29, 0.717) is 5.75 Å². The van der Waals surface area contributed by atoms with Gasteiger partial charge in [0.2, 0.25) is 0 Å². The van der Waals surface area contributed by atoms with E-state index in [9.17, 15) is 13.2 Å². The van der Waals surface area contributed by atoms with E-state index in [1.165, 1.54) is 38.6 Å². The van der Waals surface area contributed by atoms with E-state index in [1.807, 2.05) is 0 Å². The van der Waals surface area contributed by atoms with Gasteiger partial charge < -0.3 is 4.74 Å². The zero-order valence-electron chi connectivity index (χ0n) is 12.6. The van der Waals surface area contributed by atoms with Crippen LogP contribution in [0.5, 0.6) is 5.75 Å². The molecule has 1 aromatic carbocycles. The minimum absolute atomic E-state index is 0.109. The van der Waals surface area contributed by atoms with Crippen LogP contribution in [0.25, 0.3) is 5.78 Å². The summed E-state index contributed by atoms with van der Waals surface area (Å²) in [6.07, 6.45) is 1.28. The number of nitrogens with one attached hydrogen (secondary N) is 2. The molecule has 0 spiro atoms. The van der Waals surface area contributed by atoms with Crippen molar-refractivity contribution in [2.45, 2.75) is 11.8 Å². The van der Waals surface area contributed by atoms with Crippen molar-refractivity contribution >= 4 is 33.1 Å². The van der Waals surface area contributed by atoms with Crippen molar-refractivity contribution < 1.29 is 13.2 Å². The Hall–Kier alpha value is -2.59. The van der Waals surface area contributed by atoms with Crippen LogP contribution in [0.15, 0.2) is 34.2 Å². The molecule has 0 bridgehead atoms. The van der Waals surface area contributed by atoms with Crippen molar-refractivity contribution in [3.05, 3.63) is 45.6 Å². The molecule has 0 aliphatic rings. The third kappa shape index (κ3) is 2.69. The van der Waals surface area contributed by atoms with Crippen LogP contribution >= 0.6 is 11.6 Å². The number of nitrogens with zero attached hydrogens (tertiary/aromatic N) is 3. The second-order valence-corrected chi connectivity index (χ2v) is 6.89. The molecule has 3 rings (SSSR count). The molecule has 0 aliphatic heterocycles. The van der Waals surface area contributed by atoms with Crippen molar-refractivity contribution in [3.8, 4) is 5.75 Å². The Morgan fingerprint density at radius 1 is 1.38 bits per heavy atom. The highest BCUT2D eigenvalue weighted by atomic mass is 35.5. The Labute approximate surface area is 141 Å². The molecular formula is C13H12ClN5O4S. The highest BCUT2D eigenvalue weighted by Gasteiger charge is 2.21. The van der Waals surface area contributed by atoms with Gasteiger partial charge in [0.15, 0.2) is 0 Å². The van der Waals surface area contributed by atoms with E-state index < -0.39 is 15.6 Å². The standard InChI is InChI=1S/C13H12ClN5O4S/c1-7-11(12(20)19-13(17-7)15-6-16-19)18-24(21,22)8-3-4-10(23-2)9(14)5-8/h3-6,18H,1-2H3,(H,15,16,17). The molecule has 0 atom stereocenters. The van der Waals surface area contributed by atoms with Crippen LogP contribution in [-0.4, -0.2) is 35.1 Å². The SMILES string of the molecule is COc1ccc(S(=O)(=O)Nc2c(C)nc3nc[nH]n3c2=O)cc1Cl. The van der Waals surface area contributed by atoms with Crippen molar-refractivity contribution in [1.82, 2.24) is 19.6 Å². The third-order valence-corrected chi connectivity index (χ3v) is 4.93. The molecule has 11 heteroatoms. The number of aromatic nitrogens is 4. The summed E-state index contributed by atoms with van der Waals surface area (Å²) in [5, 5.41) is 2.70. The summed E-state index contributed by atoms with van der Waals surface area (Å²) in [5.74, 6) is 0.486. The molecule has 9 nitrogen and oxygen atoms in total. The lowest BCUT2D eigenvalue weighted by molar-refractivity contribution is 0.414. The molecule has 0 saturated carbocycles. The maximum Gasteiger partial charge on any atom is 0.298 e. The Kier molecular flexibility index (Phi) is 3.93. The van der Waals surface area contributed by atoms with Gasteiger partial charge in [-0.25, -0.2) is 18.4 Å². The molecule has 2 heterocycles. The lowest BCUT2D eigenvalue weighted by atomic mass is 10.3. The molecular weight excluding hydrogens is 358 g/mol. The van der Waals surface area contributed by atoms with E-state index in [0.717, 1.165) is 4.52 Å². The molecule has 126 valence electrons. The van der Waals surface area contributed by atoms with Crippen LogP contribution in [0.1, 0.15) is 5.69 Å². The molecule has 0 saturated heterocycles. The average molecular weight is 370 g/mol. The largest absolute Gasteiger partial charge is 0.495 e. The highest BCUT2D eigenvalue weighted by Crippen LogP contribution is 2.27. The number of H-pyrrole nitrogens is 1. The topological polar surface area (TPSA) is 118 Å². The number of aryl methyl sites for hydroxylation is 1. The molecule has 0 fully saturated rings. The number of ether oxygens (including phenoxy) is 1. The Morgan fingerprint density at radius 2 is 2.12 bits per heavy atom. The van der Waals surface area contributed by atoms with Gasteiger partial charge in [-0.3, -0.25) is 14.6 Å². The van der Waals surface area contributed by atoms with E-state index in [1.54, 1.807) is 0 Å². The number of anilines is 1. The van der Waals surface area contributed by atoms with Gasteiger partial charge in [0.1, 0.15) is 17.8 Å². The predicted octanol–water partition coefficient (Wildman–Crippen LogP) is 1.19. The first kappa shape index (κ1) is 16.3. The van der Waals surface area contributed by atoms with Crippen LogP contribution in [0.2, 0.25) is 5.02 Å². The number of hydrogen-bond donors (Lipinski definition) is 2. The number of hydrogen-bond acceptors (Lipinski definition) is 6. The normalized spacial score (nSPS) is 11.6. The Balaban J connectivity index is 2.07. The quantitative estimate of drug-likeness (QED) is 0.713. The minimum atomic E-state index is -4.04. The smallest absolute Gasteiger partial charge is 0.298 e. The number of halogens is 1. The summed E-state index contributed by atoms with van der Waals surface area (Å²) in [5.41, 5.74) is -0.586. The molecule has 2 aromatic heterocycles. The first-order valence-corrected chi connectivity index (χ1v) is 8.48. The van der Waals surface area contributed by atoms with Crippen LogP contribution in [-0.2, 0) is 10.0 Å². The van der Waals surface area contributed by atoms with Crippen molar-refractivity contribution in [3.63, 3.8) is 0 Å². The third-order valence-electron chi connectivity index (χ3n) is 3.28. The lowest BCUT2D eigenvalue weighted by Gasteiger charge is -2.10. The predicted molar refractivity (Wildman–Crippen MR) is 87.2 cm³/mol. The van der Waals surface area contributed by atoms with E-state index in [-0.39, 0.29) is 27.1 Å². The summed E-state index contributed by atoms with van der Waals surface area (Å²) >= 11 is 5.96. The number of sulfonamides is 1. The first-order valence-electron chi connectivity index (χ1n) is 6.62. The Bertz CT molecular complexity index is 1090. The maximum absolute atomic E-state index is 12.5. The fourth-order valence-corrected chi connectivity index (χ4v) is 3.55. The molecule has 24 heavy (non-hydrogen) atoms. The maximum atomic E-state index is 12.5. The van der Waals surface area contributed by atoms with E-state index in [2.05, 4.69) is 19.8 Å². The molecule has 2 N–H and O–H groups in total.